The predicted molar refractivity (Wildman–Crippen MR) is 200 cm³/mol. The molecule has 0 heterocycles. The van der Waals surface area contributed by atoms with Crippen molar-refractivity contribution in [3.05, 3.63) is 81.1 Å². The molecule has 2 fully saturated rings. The highest BCUT2D eigenvalue weighted by Crippen LogP contribution is 2.38. The summed E-state index contributed by atoms with van der Waals surface area (Å²) in [5.74, 6) is 7.58. The number of benzene rings is 2. The molecule has 10 nitrogen and oxygen atoms in total. The molecule has 11 heteroatoms. The number of nitrogens with one attached hydrogen (secondary N) is 2. The van der Waals surface area contributed by atoms with Crippen molar-refractivity contribution in [3.8, 4) is 5.75 Å². The van der Waals surface area contributed by atoms with Crippen LogP contribution in [-0.2, 0) is 0 Å². The fourth-order valence-corrected chi connectivity index (χ4v) is 4.66. The largest absolute Gasteiger partial charge is 0.459 e. The van der Waals surface area contributed by atoms with E-state index in [1.54, 1.807) is 11.2 Å². The Kier molecular flexibility index (Phi) is 17.8. The van der Waals surface area contributed by atoms with Crippen molar-refractivity contribution >= 4 is 40.8 Å². The first-order valence-corrected chi connectivity index (χ1v) is 16.7. The van der Waals surface area contributed by atoms with E-state index in [0.29, 0.717) is 17.0 Å². The first kappa shape index (κ1) is 39.5. The van der Waals surface area contributed by atoms with E-state index in [2.05, 4.69) is 77.2 Å². The lowest BCUT2D eigenvalue weighted by Gasteiger charge is -2.24. The highest BCUT2D eigenvalue weighted by atomic mass is 35.5. The number of nitroso groups, excluding NO2 is 1. The van der Waals surface area contributed by atoms with E-state index in [1.807, 2.05) is 45.2 Å². The number of anilines is 2. The molecule has 2 saturated carbocycles. The first-order chi connectivity index (χ1) is 22.7. The average Bonchev–Trinajstić information content (AvgIpc) is 4.04. The number of nitrogens with zero attached hydrogens (tertiary/aromatic N) is 4. The monoisotopic (exact) mass is 667 g/mol. The van der Waals surface area contributed by atoms with Gasteiger partial charge in [-0.1, -0.05) is 36.2 Å². The maximum atomic E-state index is 9.98. The Labute approximate surface area is 286 Å². The predicted octanol–water partition coefficient (Wildman–Crippen LogP) is 7.57. The van der Waals surface area contributed by atoms with E-state index in [1.165, 1.54) is 36.8 Å². The summed E-state index contributed by atoms with van der Waals surface area (Å²) in [7, 11) is 5.12. The molecule has 0 radical (unpaired) electrons. The molecule has 258 valence electrons. The maximum absolute atomic E-state index is 9.98. The van der Waals surface area contributed by atoms with Gasteiger partial charge in [0.2, 0.25) is 0 Å². The molecule has 2 aromatic carbocycles. The summed E-state index contributed by atoms with van der Waals surface area (Å²) < 4.78 is 6.12. The number of aliphatic imine (C=N–C) groups is 1. The molecular formula is C36H54ClN7O3. The summed E-state index contributed by atoms with van der Waals surface area (Å²) in [4.78, 5) is 16.6. The van der Waals surface area contributed by atoms with Gasteiger partial charge in [-0.25, -0.2) is 4.99 Å². The van der Waals surface area contributed by atoms with Crippen LogP contribution in [0.25, 0.3) is 11.6 Å². The molecule has 0 aromatic heterocycles. The van der Waals surface area contributed by atoms with Gasteiger partial charge in [0.25, 0.3) is 0 Å². The Balaban J connectivity index is 0.000000594. The topological polar surface area (TPSA) is 128 Å². The second-order valence-electron chi connectivity index (χ2n) is 11.6. The molecule has 0 unspecified atom stereocenters. The normalized spacial score (nSPS) is 15.1. The van der Waals surface area contributed by atoms with Gasteiger partial charge >= 0.3 is 0 Å². The molecule has 0 bridgehead atoms. The zero-order valence-electron chi connectivity index (χ0n) is 29.1. The van der Waals surface area contributed by atoms with Crippen molar-refractivity contribution in [2.24, 2.45) is 22.0 Å². The second kappa shape index (κ2) is 21.2. The van der Waals surface area contributed by atoms with Crippen LogP contribution in [0, 0.1) is 10.8 Å². The number of ether oxygens (including phenoxy) is 1. The number of nitrogen functional groups attached to an aromatic ring is 1. The molecular weight excluding hydrogens is 614 g/mol. The van der Waals surface area contributed by atoms with Crippen LogP contribution in [0.2, 0.25) is 0 Å². The lowest BCUT2D eigenvalue weighted by Crippen LogP contribution is -2.22. The molecule has 5 N–H and O–H groups in total. The van der Waals surface area contributed by atoms with Gasteiger partial charge in [0.05, 0.1) is 5.29 Å². The third-order valence-corrected chi connectivity index (χ3v) is 8.25. The standard InChI is InChI=1S/C29H38ClN5O.C6H12N2O.CH4O/c1-6-20(2)15-16-33-29(30)21(3)36-26-13-14-27(28(18-26)35(5)25-11-12-25)23(19-32-4)17-22-7-9-24(34-31)10-8-22;1-2-8(7-9)5-6-3-4-6;1-2/h7-10,13-18,25,32,34H,6,11-12,19,31H2,1-5H3;6H,2-5H2,1H3;2H,1H3/b20-15?,23-17+,29-21+,33-16-;;. The number of aliphatic hydroxyl groups excluding tert-OH is 1. The zero-order chi connectivity index (χ0) is 34.8. The number of hydrogen-bond acceptors (Lipinski definition) is 9. The first-order valence-electron chi connectivity index (χ1n) is 16.3. The van der Waals surface area contributed by atoms with Crippen molar-refractivity contribution in [2.75, 3.05) is 51.2 Å². The molecule has 2 aliphatic rings. The van der Waals surface area contributed by atoms with Crippen LogP contribution in [0.4, 0.5) is 11.4 Å². The third kappa shape index (κ3) is 13.9. The lowest BCUT2D eigenvalue weighted by molar-refractivity contribution is 0.287. The Hall–Kier alpha value is -3.70. The highest BCUT2D eigenvalue weighted by molar-refractivity contribution is 6.30. The summed E-state index contributed by atoms with van der Waals surface area (Å²) in [5.41, 5.74) is 9.38. The van der Waals surface area contributed by atoms with Crippen LogP contribution >= 0.6 is 11.6 Å². The van der Waals surface area contributed by atoms with Gasteiger partial charge in [-0.15, -0.1) is 4.91 Å². The number of aliphatic hydroxyl groups is 1. The summed E-state index contributed by atoms with van der Waals surface area (Å²) >= 11 is 6.39. The fourth-order valence-electron chi connectivity index (χ4n) is 4.56. The van der Waals surface area contributed by atoms with E-state index in [0.717, 1.165) is 67.3 Å². The summed E-state index contributed by atoms with van der Waals surface area (Å²) in [6.45, 7) is 10.3. The molecule has 0 aliphatic heterocycles. The van der Waals surface area contributed by atoms with Gasteiger partial charge in [0, 0.05) is 69.1 Å². The van der Waals surface area contributed by atoms with Crippen molar-refractivity contribution < 1.29 is 9.84 Å². The smallest absolute Gasteiger partial charge is 0.167 e. The fraction of sp³-hybridized carbons (Fsp3) is 0.472. The van der Waals surface area contributed by atoms with E-state index >= 15 is 0 Å². The Bertz CT molecular complexity index is 1370. The Morgan fingerprint density at radius 1 is 1.11 bits per heavy atom. The quantitative estimate of drug-likeness (QED) is 0.0275. The third-order valence-electron chi connectivity index (χ3n) is 7.89. The molecule has 0 atom stereocenters. The average molecular weight is 668 g/mol. The van der Waals surface area contributed by atoms with Crippen molar-refractivity contribution in [1.82, 2.24) is 10.3 Å². The number of allylic oxidation sites excluding steroid dienone is 3. The minimum Gasteiger partial charge on any atom is -0.459 e. The number of hydrogen-bond donors (Lipinski definition) is 4. The minimum atomic E-state index is 0.336. The molecule has 2 aromatic rings. The summed E-state index contributed by atoms with van der Waals surface area (Å²) in [6.07, 6.45) is 11.8. The van der Waals surface area contributed by atoms with Crippen molar-refractivity contribution in [3.63, 3.8) is 0 Å². The number of likely N-dealkylation sites (N-methyl/N-ethyl adjacent to an activating group) is 1. The van der Waals surface area contributed by atoms with Gasteiger partial charge in [0.1, 0.15) is 11.5 Å². The van der Waals surface area contributed by atoms with E-state index < -0.39 is 0 Å². The number of nitrogens with two attached hydrogens (primary N) is 1. The zero-order valence-corrected chi connectivity index (χ0v) is 29.8. The molecule has 47 heavy (non-hydrogen) atoms. The van der Waals surface area contributed by atoms with Crippen LogP contribution in [0.3, 0.4) is 0 Å². The maximum Gasteiger partial charge on any atom is 0.167 e. The molecule has 0 amide bonds. The van der Waals surface area contributed by atoms with Gasteiger partial charge in [-0.3, -0.25) is 10.9 Å². The van der Waals surface area contributed by atoms with E-state index in [9.17, 15) is 4.91 Å². The lowest BCUT2D eigenvalue weighted by atomic mass is 9.99. The van der Waals surface area contributed by atoms with Crippen molar-refractivity contribution in [2.45, 2.75) is 65.8 Å². The summed E-state index contributed by atoms with van der Waals surface area (Å²) in [6, 6.07) is 14.8. The highest BCUT2D eigenvalue weighted by Gasteiger charge is 2.28. The van der Waals surface area contributed by atoms with Gasteiger partial charge in [-0.2, -0.15) is 0 Å². The Morgan fingerprint density at radius 2 is 1.79 bits per heavy atom. The molecule has 2 aliphatic carbocycles. The molecule has 0 spiro atoms. The van der Waals surface area contributed by atoms with Crippen LogP contribution in [0.1, 0.15) is 70.9 Å². The van der Waals surface area contributed by atoms with Crippen molar-refractivity contribution in [1.29, 1.82) is 0 Å². The number of halogens is 1. The van der Waals surface area contributed by atoms with E-state index in [-0.39, 0.29) is 0 Å². The molecule has 0 saturated heterocycles. The molecule has 4 rings (SSSR count). The number of rotatable bonds is 16. The van der Waals surface area contributed by atoms with Crippen LogP contribution in [-0.4, -0.2) is 63.2 Å². The van der Waals surface area contributed by atoms with Crippen LogP contribution in [0.15, 0.2) is 75.3 Å². The SMILES string of the molecule is CCC(C)=C/C=N\C(Cl)=C(/C)Oc1ccc(/C(=C/c2ccc(NN)cc2)CNC)c(N(C)C2CC2)c1.CCN(CC1CC1)N=O.CO. The van der Waals surface area contributed by atoms with Gasteiger partial charge < -0.3 is 25.5 Å². The van der Waals surface area contributed by atoms with Crippen LogP contribution < -0.4 is 26.2 Å². The van der Waals surface area contributed by atoms with Gasteiger partial charge in [0.15, 0.2) is 5.16 Å². The van der Waals surface area contributed by atoms with Gasteiger partial charge in [-0.05, 0) is 113 Å². The number of hydrazine groups is 1. The Morgan fingerprint density at radius 3 is 2.32 bits per heavy atom. The van der Waals surface area contributed by atoms with E-state index in [4.69, 9.17) is 27.3 Å². The van der Waals surface area contributed by atoms with Crippen LogP contribution in [0.5, 0.6) is 5.75 Å². The summed E-state index contributed by atoms with van der Waals surface area (Å²) in [5, 5.41) is 15.1. The second-order valence-corrected chi connectivity index (χ2v) is 12.0. The minimum absolute atomic E-state index is 0.336.